The van der Waals surface area contributed by atoms with Crippen molar-refractivity contribution in [2.75, 3.05) is 49.7 Å². The molecule has 1 aliphatic heterocycles. The smallest absolute Gasteiger partial charge is 0.338 e. The van der Waals surface area contributed by atoms with Crippen LogP contribution in [0, 0.1) is 10.1 Å². The summed E-state index contributed by atoms with van der Waals surface area (Å²) in [4.78, 5) is 41.8. The number of fused-ring (bicyclic) bond motifs is 1. The van der Waals surface area contributed by atoms with Crippen LogP contribution >= 0.6 is 11.3 Å². The number of hydrogen-bond acceptors (Lipinski definition) is 10. The van der Waals surface area contributed by atoms with Crippen LogP contribution in [0.2, 0.25) is 0 Å². The number of nitro benzene ring substituents is 1. The van der Waals surface area contributed by atoms with E-state index in [0.29, 0.717) is 55.0 Å². The second-order valence-electron chi connectivity index (χ2n) is 7.27. The highest BCUT2D eigenvalue weighted by atomic mass is 32.1. The molecule has 178 valence electrons. The Balaban J connectivity index is 1.38. The first kappa shape index (κ1) is 23.4. The minimum absolute atomic E-state index is 0.0139. The standard InChI is InChI=1S/C22H22N4O7S/c1-2-32-15-4-5-16-19(12-15)34-22(23-16)24-20(27)13-33-21(28)14-3-6-17(18(11-14)26(29)30)25-7-9-31-10-8-25/h3-6,11-12H,2,7-10,13H2,1H3,(H,23,24,27). The number of benzene rings is 2. The van der Waals surface area contributed by atoms with E-state index in [1.807, 2.05) is 17.9 Å². The fraction of sp³-hybridized carbons (Fsp3) is 0.318. The third-order valence-electron chi connectivity index (χ3n) is 5.01. The Morgan fingerprint density at radius 2 is 2.03 bits per heavy atom. The first-order chi connectivity index (χ1) is 16.4. The van der Waals surface area contributed by atoms with Crippen molar-refractivity contribution >= 4 is 49.9 Å². The minimum Gasteiger partial charge on any atom is -0.494 e. The molecule has 0 aliphatic carbocycles. The summed E-state index contributed by atoms with van der Waals surface area (Å²) < 4.78 is 16.6. The van der Waals surface area contributed by atoms with Crippen LogP contribution in [0.5, 0.6) is 5.75 Å². The lowest BCUT2D eigenvalue weighted by atomic mass is 10.1. The predicted octanol–water partition coefficient (Wildman–Crippen LogP) is 3.24. The van der Waals surface area contributed by atoms with Crippen molar-refractivity contribution in [1.29, 1.82) is 0 Å². The molecule has 1 saturated heterocycles. The fourth-order valence-electron chi connectivity index (χ4n) is 3.45. The van der Waals surface area contributed by atoms with Crippen molar-refractivity contribution in [2.45, 2.75) is 6.92 Å². The van der Waals surface area contributed by atoms with Gasteiger partial charge in [-0.1, -0.05) is 11.3 Å². The van der Waals surface area contributed by atoms with E-state index >= 15 is 0 Å². The summed E-state index contributed by atoms with van der Waals surface area (Å²) >= 11 is 1.26. The van der Waals surface area contributed by atoms with E-state index < -0.39 is 23.4 Å². The van der Waals surface area contributed by atoms with Gasteiger partial charge in [-0.25, -0.2) is 9.78 Å². The third kappa shape index (κ3) is 5.41. The van der Waals surface area contributed by atoms with Gasteiger partial charge in [0, 0.05) is 19.2 Å². The molecule has 12 heteroatoms. The molecule has 3 aromatic rings. The third-order valence-corrected chi connectivity index (χ3v) is 5.94. The van der Waals surface area contributed by atoms with Gasteiger partial charge in [0.25, 0.3) is 11.6 Å². The molecule has 0 atom stereocenters. The van der Waals surface area contributed by atoms with Gasteiger partial charge in [0.1, 0.15) is 11.4 Å². The van der Waals surface area contributed by atoms with Gasteiger partial charge >= 0.3 is 5.97 Å². The Bertz CT molecular complexity index is 1220. The number of amides is 1. The number of esters is 1. The first-order valence-corrected chi connectivity index (χ1v) is 11.4. The second-order valence-corrected chi connectivity index (χ2v) is 8.30. The van der Waals surface area contributed by atoms with E-state index in [1.165, 1.54) is 23.5 Å². The number of anilines is 2. The summed E-state index contributed by atoms with van der Waals surface area (Å²) in [5, 5.41) is 14.5. The highest BCUT2D eigenvalue weighted by molar-refractivity contribution is 7.22. The lowest BCUT2D eigenvalue weighted by Crippen LogP contribution is -2.36. The molecule has 2 aromatic carbocycles. The molecule has 4 rings (SSSR count). The molecule has 1 fully saturated rings. The van der Waals surface area contributed by atoms with E-state index in [2.05, 4.69) is 10.3 Å². The Kier molecular flexibility index (Phi) is 7.18. The first-order valence-electron chi connectivity index (χ1n) is 10.6. The van der Waals surface area contributed by atoms with Crippen molar-refractivity contribution in [3.05, 3.63) is 52.1 Å². The van der Waals surface area contributed by atoms with Crippen LogP contribution < -0.4 is 15.0 Å². The normalized spacial score (nSPS) is 13.5. The van der Waals surface area contributed by atoms with Gasteiger partial charge in [0.05, 0.1) is 40.5 Å². The van der Waals surface area contributed by atoms with Crippen molar-refractivity contribution < 1.29 is 28.7 Å². The Labute approximate surface area is 198 Å². The number of ether oxygens (including phenoxy) is 3. The summed E-state index contributed by atoms with van der Waals surface area (Å²) in [6.07, 6.45) is 0. The predicted molar refractivity (Wildman–Crippen MR) is 126 cm³/mol. The Morgan fingerprint density at radius 3 is 2.76 bits per heavy atom. The number of thiazole rings is 1. The SMILES string of the molecule is CCOc1ccc2nc(NC(=O)COC(=O)c3ccc(N4CCOCC4)c([N+](=O)[O-])c3)sc2c1. The fourth-order valence-corrected chi connectivity index (χ4v) is 4.36. The van der Waals surface area contributed by atoms with E-state index in [1.54, 1.807) is 12.1 Å². The van der Waals surface area contributed by atoms with Crippen molar-refractivity contribution in [3.63, 3.8) is 0 Å². The largest absolute Gasteiger partial charge is 0.494 e. The molecule has 0 bridgehead atoms. The Morgan fingerprint density at radius 1 is 1.24 bits per heavy atom. The van der Waals surface area contributed by atoms with Gasteiger partial charge in [0.2, 0.25) is 0 Å². The number of carbonyl (C=O) groups is 2. The van der Waals surface area contributed by atoms with E-state index in [4.69, 9.17) is 14.2 Å². The van der Waals surface area contributed by atoms with Crippen LogP contribution in [0.4, 0.5) is 16.5 Å². The average Bonchev–Trinajstić information content (AvgIpc) is 3.24. The maximum absolute atomic E-state index is 12.4. The number of rotatable bonds is 8. The molecule has 0 unspecified atom stereocenters. The zero-order chi connectivity index (χ0) is 24.1. The number of carbonyl (C=O) groups excluding carboxylic acids is 2. The second kappa shape index (κ2) is 10.4. The summed E-state index contributed by atoms with van der Waals surface area (Å²) in [7, 11) is 0. The quantitative estimate of drug-likeness (QED) is 0.289. The molecule has 2 heterocycles. The van der Waals surface area contributed by atoms with E-state index in [-0.39, 0.29) is 11.3 Å². The zero-order valence-corrected chi connectivity index (χ0v) is 19.1. The van der Waals surface area contributed by atoms with Crippen molar-refractivity contribution in [2.24, 2.45) is 0 Å². The minimum atomic E-state index is -0.836. The summed E-state index contributed by atoms with van der Waals surface area (Å²) in [5.74, 6) is -0.700. The maximum Gasteiger partial charge on any atom is 0.338 e. The summed E-state index contributed by atoms with van der Waals surface area (Å²) in [6.45, 7) is 3.85. The molecular formula is C22H22N4O7S. The van der Waals surface area contributed by atoms with Crippen LogP contribution in [-0.2, 0) is 14.3 Å². The molecule has 1 amide bonds. The summed E-state index contributed by atoms with van der Waals surface area (Å²) in [5.41, 5.74) is 0.890. The Hall–Kier alpha value is -3.77. The molecule has 0 radical (unpaired) electrons. The van der Waals surface area contributed by atoms with Gasteiger partial charge in [-0.15, -0.1) is 0 Å². The molecule has 0 spiro atoms. The highest BCUT2D eigenvalue weighted by Crippen LogP contribution is 2.31. The van der Waals surface area contributed by atoms with Crippen LogP contribution in [0.3, 0.4) is 0 Å². The van der Waals surface area contributed by atoms with Crippen molar-refractivity contribution in [1.82, 2.24) is 4.98 Å². The number of nitrogens with one attached hydrogen (secondary N) is 1. The van der Waals surface area contributed by atoms with Gasteiger partial charge in [-0.2, -0.15) is 0 Å². The van der Waals surface area contributed by atoms with Crippen LogP contribution in [0.1, 0.15) is 17.3 Å². The topological polar surface area (TPSA) is 133 Å². The molecule has 1 N–H and O–H groups in total. The molecule has 11 nitrogen and oxygen atoms in total. The van der Waals surface area contributed by atoms with Gasteiger partial charge in [0.15, 0.2) is 11.7 Å². The lowest BCUT2D eigenvalue weighted by Gasteiger charge is -2.28. The molecular weight excluding hydrogens is 464 g/mol. The number of nitro groups is 1. The van der Waals surface area contributed by atoms with Crippen molar-refractivity contribution in [3.8, 4) is 5.75 Å². The van der Waals surface area contributed by atoms with E-state index in [9.17, 15) is 19.7 Å². The van der Waals surface area contributed by atoms with E-state index in [0.717, 1.165) is 10.8 Å². The number of hydrogen-bond donors (Lipinski definition) is 1. The van der Waals surface area contributed by atoms with Crippen LogP contribution in [0.15, 0.2) is 36.4 Å². The highest BCUT2D eigenvalue weighted by Gasteiger charge is 2.24. The van der Waals surface area contributed by atoms with Gasteiger partial charge in [-0.05, 0) is 37.3 Å². The molecule has 0 saturated carbocycles. The average molecular weight is 487 g/mol. The molecule has 1 aliphatic rings. The van der Waals surface area contributed by atoms with Gasteiger partial charge in [-0.3, -0.25) is 20.2 Å². The van der Waals surface area contributed by atoms with Crippen LogP contribution in [-0.4, -0.2) is 61.3 Å². The molecule has 34 heavy (non-hydrogen) atoms. The number of morpholine rings is 1. The zero-order valence-electron chi connectivity index (χ0n) is 18.3. The number of aromatic nitrogens is 1. The maximum atomic E-state index is 12.4. The van der Waals surface area contributed by atoms with Crippen LogP contribution in [0.25, 0.3) is 10.2 Å². The number of nitrogens with zero attached hydrogens (tertiary/aromatic N) is 3. The molecule has 1 aromatic heterocycles. The summed E-state index contributed by atoms with van der Waals surface area (Å²) in [6, 6.07) is 9.54. The monoisotopic (exact) mass is 486 g/mol. The van der Waals surface area contributed by atoms with Gasteiger partial charge < -0.3 is 19.1 Å². The lowest BCUT2D eigenvalue weighted by molar-refractivity contribution is -0.384.